The summed E-state index contributed by atoms with van der Waals surface area (Å²) in [4.78, 5) is 14.2. The van der Waals surface area contributed by atoms with Crippen molar-refractivity contribution in [2.75, 3.05) is 19.0 Å². The first-order chi connectivity index (χ1) is 9.32. The zero-order chi connectivity index (χ0) is 14.9. The summed E-state index contributed by atoms with van der Waals surface area (Å²) >= 11 is 11.6. The van der Waals surface area contributed by atoms with Crippen molar-refractivity contribution in [1.29, 1.82) is 0 Å². The van der Waals surface area contributed by atoms with Crippen molar-refractivity contribution >= 4 is 29.1 Å². The second-order valence-electron chi connectivity index (χ2n) is 5.50. The summed E-state index contributed by atoms with van der Waals surface area (Å²) in [5, 5.41) is 10.2. The summed E-state index contributed by atoms with van der Waals surface area (Å²) in [6.45, 7) is 4.68. The first kappa shape index (κ1) is 15.4. The molecular weight excluding hydrogens is 301 g/mol. The Morgan fingerprint density at radius 2 is 2.25 bits per heavy atom. The Kier molecular flexibility index (Phi) is 4.47. The van der Waals surface area contributed by atoms with Crippen molar-refractivity contribution in [3.8, 4) is 5.75 Å². The number of halogens is 2. The molecule has 1 saturated heterocycles. The second kappa shape index (κ2) is 5.80. The SMILES string of the molecule is CC1(C)CN(C(=O)c2ccc(Cl)cc2O)CC(CCl)O1. The third kappa shape index (κ3) is 3.37. The molecule has 1 N–H and O–H groups in total. The van der Waals surface area contributed by atoms with E-state index in [-0.39, 0.29) is 23.3 Å². The highest BCUT2D eigenvalue weighted by molar-refractivity contribution is 6.30. The molecule has 1 amide bonds. The van der Waals surface area contributed by atoms with Crippen LogP contribution in [-0.4, -0.2) is 46.6 Å². The topological polar surface area (TPSA) is 49.8 Å². The lowest BCUT2D eigenvalue weighted by Crippen LogP contribution is -2.55. The van der Waals surface area contributed by atoms with Gasteiger partial charge in [0.15, 0.2) is 0 Å². The minimum Gasteiger partial charge on any atom is -0.507 e. The molecule has 1 atom stereocenters. The molecule has 1 unspecified atom stereocenters. The molecule has 1 aromatic rings. The maximum absolute atomic E-state index is 12.5. The highest BCUT2D eigenvalue weighted by atomic mass is 35.5. The number of phenols is 1. The molecular formula is C14H17Cl2NO3. The van der Waals surface area contributed by atoms with E-state index in [1.54, 1.807) is 11.0 Å². The number of amides is 1. The summed E-state index contributed by atoms with van der Waals surface area (Å²) < 4.78 is 5.78. The number of ether oxygens (including phenoxy) is 1. The molecule has 110 valence electrons. The first-order valence-electron chi connectivity index (χ1n) is 6.34. The smallest absolute Gasteiger partial charge is 0.257 e. The normalized spacial score (nSPS) is 21.8. The van der Waals surface area contributed by atoms with Crippen molar-refractivity contribution in [1.82, 2.24) is 4.90 Å². The van der Waals surface area contributed by atoms with Crippen LogP contribution in [0.5, 0.6) is 5.75 Å². The third-order valence-corrected chi connectivity index (χ3v) is 3.71. The van der Waals surface area contributed by atoms with E-state index in [9.17, 15) is 9.90 Å². The van der Waals surface area contributed by atoms with E-state index in [0.29, 0.717) is 24.0 Å². The Hall–Kier alpha value is -0.970. The van der Waals surface area contributed by atoms with Crippen LogP contribution in [0, 0.1) is 0 Å². The van der Waals surface area contributed by atoms with Crippen LogP contribution in [-0.2, 0) is 4.74 Å². The van der Waals surface area contributed by atoms with Gasteiger partial charge in [0, 0.05) is 18.1 Å². The number of rotatable bonds is 2. The number of carbonyl (C=O) groups excluding carboxylic acids is 1. The Morgan fingerprint density at radius 3 is 2.85 bits per heavy atom. The first-order valence-corrected chi connectivity index (χ1v) is 7.25. The quantitative estimate of drug-likeness (QED) is 0.853. The van der Waals surface area contributed by atoms with Crippen LogP contribution < -0.4 is 0 Å². The number of morpholine rings is 1. The van der Waals surface area contributed by atoms with Crippen molar-refractivity contribution in [2.45, 2.75) is 25.6 Å². The summed E-state index contributed by atoms with van der Waals surface area (Å²) in [5.74, 6) is -0.0420. The van der Waals surface area contributed by atoms with E-state index in [0.717, 1.165) is 0 Å². The molecule has 0 aromatic heterocycles. The number of alkyl halides is 1. The molecule has 0 saturated carbocycles. The molecule has 0 radical (unpaired) electrons. The van der Waals surface area contributed by atoms with E-state index in [4.69, 9.17) is 27.9 Å². The lowest BCUT2D eigenvalue weighted by Gasteiger charge is -2.42. The van der Waals surface area contributed by atoms with E-state index in [2.05, 4.69) is 0 Å². The van der Waals surface area contributed by atoms with Gasteiger partial charge in [0.2, 0.25) is 0 Å². The second-order valence-corrected chi connectivity index (χ2v) is 6.25. The van der Waals surface area contributed by atoms with Crippen molar-refractivity contribution in [2.24, 2.45) is 0 Å². The molecule has 1 heterocycles. The Bertz CT molecular complexity index is 519. The molecule has 1 aromatic carbocycles. The number of hydrogen-bond donors (Lipinski definition) is 1. The standard InChI is InChI=1S/C14H17Cl2NO3/c1-14(2)8-17(7-10(6-15)20-14)13(19)11-4-3-9(16)5-12(11)18/h3-5,10,18H,6-8H2,1-2H3. The van der Waals surface area contributed by atoms with Gasteiger partial charge in [0.25, 0.3) is 5.91 Å². The molecule has 0 spiro atoms. The molecule has 20 heavy (non-hydrogen) atoms. The van der Waals surface area contributed by atoms with Gasteiger partial charge < -0.3 is 14.7 Å². The van der Waals surface area contributed by atoms with E-state index >= 15 is 0 Å². The van der Waals surface area contributed by atoms with Gasteiger partial charge in [0.05, 0.1) is 23.1 Å². The lowest BCUT2D eigenvalue weighted by molar-refractivity contribution is -0.117. The number of aromatic hydroxyl groups is 1. The molecule has 4 nitrogen and oxygen atoms in total. The number of benzene rings is 1. The van der Waals surface area contributed by atoms with Crippen LogP contribution in [0.2, 0.25) is 5.02 Å². The zero-order valence-corrected chi connectivity index (χ0v) is 12.9. The van der Waals surface area contributed by atoms with Gasteiger partial charge in [-0.3, -0.25) is 4.79 Å². The lowest BCUT2D eigenvalue weighted by atomic mass is 10.0. The van der Waals surface area contributed by atoms with Crippen molar-refractivity contribution < 1.29 is 14.6 Å². The largest absolute Gasteiger partial charge is 0.507 e. The van der Waals surface area contributed by atoms with Crippen LogP contribution in [0.25, 0.3) is 0 Å². The Balaban J connectivity index is 2.23. The fraction of sp³-hybridized carbons (Fsp3) is 0.500. The highest BCUT2D eigenvalue weighted by Gasteiger charge is 2.36. The highest BCUT2D eigenvalue weighted by Crippen LogP contribution is 2.27. The molecule has 1 aliphatic rings. The molecule has 0 bridgehead atoms. The Morgan fingerprint density at radius 1 is 1.55 bits per heavy atom. The Labute approximate surface area is 128 Å². The number of carbonyl (C=O) groups is 1. The molecule has 1 fully saturated rings. The molecule has 1 aliphatic heterocycles. The number of nitrogens with zero attached hydrogens (tertiary/aromatic N) is 1. The predicted molar refractivity (Wildman–Crippen MR) is 78.7 cm³/mol. The van der Waals surface area contributed by atoms with Gasteiger partial charge in [-0.1, -0.05) is 11.6 Å². The minimum absolute atomic E-state index is 0.116. The fourth-order valence-electron chi connectivity index (χ4n) is 2.39. The van der Waals surface area contributed by atoms with Crippen LogP contribution >= 0.6 is 23.2 Å². The van der Waals surface area contributed by atoms with Crippen LogP contribution in [0.15, 0.2) is 18.2 Å². The van der Waals surface area contributed by atoms with E-state index in [1.807, 2.05) is 13.8 Å². The molecule has 6 heteroatoms. The average molecular weight is 318 g/mol. The van der Waals surface area contributed by atoms with Crippen LogP contribution in [0.1, 0.15) is 24.2 Å². The number of phenolic OH excluding ortho intramolecular Hbond substituents is 1. The maximum Gasteiger partial charge on any atom is 0.257 e. The van der Waals surface area contributed by atoms with Gasteiger partial charge in [-0.15, -0.1) is 11.6 Å². The van der Waals surface area contributed by atoms with Crippen LogP contribution in [0.4, 0.5) is 0 Å². The van der Waals surface area contributed by atoms with Gasteiger partial charge in [-0.2, -0.15) is 0 Å². The van der Waals surface area contributed by atoms with Crippen molar-refractivity contribution in [3.63, 3.8) is 0 Å². The van der Waals surface area contributed by atoms with Gasteiger partial charge in [-0.05, 0) is 32.0 Å². The van der Waals surface area contributed by atoms with Crippen LogP contribution in [0.3, 0.4) is 0 Å². The van der Waals surface area contributed by atoms with E-state index in [1.165, 1.54) is 12.1 Å². The monoisotopic (exact) mass is 317 g/mol. The minimum atomic E-state index is -0.463. The summed E-state index contributed by atoms with van der Waals surface area (Å²) in [7, 11) is 0. The van der Waals surface area contributed by atoms with Gasteiger partial charge in [-0.25, -0.2) is 0 Å². The summed E-state index contributed by atoms with van der Waals surface area (Å²) in [6.07, 6.45) is -0.209. The third-order valence-electron chi connectivity index (χ3n) is 3.13. The summed E-state index contributed by atoms with van der Waals surface area (Å²) in [6, 6.07) is 4.47. The maximum atomic E-state index is 12.5. The molecule has 2 rings (SSSR count). The predicted octanol–water partition coefficient (Wildman–Crippen LogP) is 2.90. The zero-order valence-electron chi connectivity index (χ0n) is 11.4. The molecule has 0 aliphatic carbocycles. The van der Waals surface area contributed by atoms with Crippen molar-refractivity contribution in [3.05, 3.63) is 28.8 Å². The average Bonchev–Trinajstić information content (AvgIpc) is 2.36. The van der Waals surface area contributed by atoms with E-state index < -0.39 is 5.60 Å². The summed E-state index contributed by atoms with van der Waals surface area (Å²) in [5.41, 5.74) is -0.226. The van der Waals surface area contributed by atoms with Gasteiger partial charge >= 0.3 is 0 Å². The fourth-order valence-corrected chi connectivity index (χ4v) is 2.71. The van der Waals surface area contributed by atoms with Gasteiger partial charge in [0.1, 0.15) is 5.75 Å². The number of hydrogen-bond acceptors (Lipinski definition) is 3.